The van der Waals surface area contributed by atoms with Crippen molar-refractivity contribution in [3.63, 3.8) is 0 Å². The molecule has 0 aliphatic rings. The fourth-order valence-electron chi connectivity index (χ4n) is 2.06. The quantitative estimate of drug-likeness (QED) is 0.869. The number of rotatable bonds is 1. The molecule has 0 aliphatic carbocycles. The Morgan fingerprint density at radius 3 is 2.38 bits per heavy atom. The topological polar surface area (TPSA) is 80.4 Å². The van der Waals surface area contributed by atoms with Crippen LogP contribution in [-0.2, 0) is 5.41 Å². The average molecular weight is 277 g/mol. The van der Waals surface area contributed by atoms with E-state index in [4.69, 9.17) is 5.26 Å². The summed E-state index contributed by atoms with van der Waals surface area (Å²) in [5.74, 6) is 0. The van der Waals surface area contributed by atoms with Gasteiger partial charge in [0.05, 0.1) is 11.6 Å². The average Bonchev–Trinajstić information content (AvgIpc) is 2.45. The fourth-order valence-corrected chi connectivity index (χ4v) is 2.06. The Kier molecular flexibility index (Phi) is 3.65. The number of pyridine rings is 1. The van der Waals surface area contributed by atoms with Gasteiger partial charge in [0.2, 0.25) is 0 Å². The summed E-state index contributed by atoms with van der Waals surface area (Å²) in [5.41, 5.74) is 1.93. The summed E-state index contributed by atoms with van der Waals surface area (Å²) in [6.07, 6.45) is 0. The van der Waals surface area contributed by atoms with Crippen molar-refractivity contribution in [1.29, 1.82) is 10.5 Å². The maximum absolute atomic E-state index is 12.1. The highest BCUT2D eigenvalue weighted by atomic mass is 16.1. The van der Waals surface area contributed by atoms with Crippen LogP contribution in [0.4, 0.5) is 0 Å². The maximum Gasteiger partial charge on any atom is 0.266 e. The van der Waals surface area contributed by atoms with Crippen LogP contribution < -0.4 is 5.56 Å². The van der Waals surface area contributed by atoms with E-state index in [1.54, 1.807) is 24.3 Å². The molecule has 21 heavy (non-hydrogen) atoms. The minimum atomic E-state index is -0.401. The normalized spacial score (nSPS) is 10.7. The molecule has 0 spiro atoms. The summed E-state index contributed by atoms with van der Waals surface area (Å²) in [7, 11) is 0. The van der Waals surface area contributed by atoms with E-state index >= 15 is 0 Å². The van der Waals surface area contributed by atoms with E-state index in [-0.39, 0.29) is 11.0 Å². The molecule has 0 atom stereocenters. The van der Waals surface area contributed by atoms with Crippen LogP contribution in [-0.4, -0.2) is 4.98 Å². The standard InChI is InChI=1S/C17H15N3O/c1-17(2,3)15-8-13(14(10-19)16(21)20-15)12-6-4-5-11(7-12)9-18/h4-8H,1-3H3,(H,20,21). The number of benzene rings is 1. The van der Waals surface area contributed by atoms with Gasteiger partial charge in [-0.25, -0.2) is 0 Å². The van der Waals surface area contributed by atoms with Crippen LogP contribution in [0.3, 0.4) is 0 Å². The van der Waals surface area contributed by atoms with Gasteiger partial charge in [-0.2, -0.15) is 10.5 Å². The molecule has 2 rings (SSSR count). The Hall–Kier alpha value is -2.85. The molecule has 1 aromatic heterocycles. The number of hydrogen-bond donors (Lipinski definition) is 1. The van der Waals surface area contributed by atoms with Crippen molar-refractivity contribution in [3.8, 4) is 23.3 Å². The van der Waals surface area contributed by atoms with Gasteiger partial charge in [-0.15, -0.1) is 0 Å². The van der Waals surface area contributed by atoms with Crippen molar-refractivity contribution >= 4 is 0 Å². The zero-order valence-electron chi connectivity index (χ0n) is 12.2. The van der Waals surface area contributed by atoms with Crippen LogP contribution in [0.5, 0.6) is 0 Å². The van der Waals surface area contributed by atoms with Gasteiger partial charge >= 0.3 is 0 Å². The van der Waals surface area contributed by atoms with Gasteiger partial charge in [0, 0.05) is 16.7 Å². The molecule has 0 saturated carbocycles. The molecule has 0 radical (unpaired) electrons. The first-order valence-corrected chi connectivity index (χ1v) is 6.55. The molecule has 0 amide bonds. The highest BCUT2D eigenvalue weighted by Gasteiger charge is 2.19. The summed E-state index contributed by atoms with van der Waals surface area (Å²) in [4.78, 5) is 14.9. The number of nitrogens with one attached hydrogen (secondary N) is 1. The zero-order valence-corrected chi connectivity index (χ0v) is 12.2. The molecule has 1 aromatic carbocycles. The van der Waals surface area contributed by atoms with Crippen LogP contribution in [0.15, 0.2) is 35.1 Å². The van der Waals surface area contributed by atoms with Crippen molar-refractivity contribution < 1.29 is 0 Å². The number of aromatic amines is 1. The van der Waals surface area contributed by atoms with E-state index < -0.39 is 5.56 Å². The number of hydrogen-bond acceptors (Lipinski definition) is 3. The van der Waals surface area contributed by atoms with Gasteiger partial charge in [0.25, 0.3) is 5.56 Å². The lowest BCUT2D eigenvalue weighted by Crippen LogP contribution is -2.22. The number of aromatic nitrogens is 1. The van der Waals surface area contributed by atoms with Gasteiger partial charge < -0.3 is 4.98 Å². The first-order valence-electron chi connectivity index (χ1n) is 6.55. The molecule has 2 aromatic rings. The van der Waals surface area contributed by atoms with Crippen molar-refractivity contribution in [3.05, 3.63) is 57.5 Å². The second-order valence-electron chi connectivity index (χ2n) is 5.86. The van der Waals surface area contributed by atoms with Gasteiger partial charge in [-0.3, -0.25) is 4.79 Å². The Morgan fingerprint density at radius 2 is 1.81 bits per heavy atom. The van der Waals surface area contributed by atoms with Crippen LogP contribution in [0.25, 0.3) is 11.1 Å². The summed E-state index contributed by atoms with van der Waals surface area (Å²) in [6, 6.07) is 12.7. The van der Waals surface area contributed by atoms with Crippen LogP contribution in [0.2, 0.25) is 0 Å². The van der Waals surface area contributed by atoms with Crippen LogP contribution in [0.1, 0.15) is 37.6 Å². The summed E-state index contributed by atoms with van der Waals surface area (Å²) < 4.78 is 0. The molecule has 0 saturated heterocycles. The van der Waals surface area contributed by atoms with E-state index in [2.05, 4.69) is 11.1 Å². The van der Waals surface area contributed by atoms with Gasteiger partial charge in [-0.05, 0) is 23.8 Å². The minimum absolute atomic E-state index is 0.0677. The van der Waals surface area contributed by atoms with Crippen LogP contribution in [0, 0.1) is 22.7 Å². The lowest BCUT2D eigenvalue weighted by Gasteiger charge is -2.19. The molecule has 0 aliphatic heterocycles. The first kappa shape index (κ1) is 14.6. The summed E-state index contributed by atoms with van der Waals surface area (Å²) in [6.45, 7) is 5.96. The molecule has 0 unspecified atom stereocenters. The Bertz CT molecular complexity index is 827. The van der Waals surface area contributed by atoms with Crippen molar-refractivity contribution in [2.24, 2.45) is 0 Å². The minimum Gasteiger partial charge on any atom is -0.325 e. The molecule has 1 N–H and O–H groups in total. The second kappa shape index (κ2) is 5.26. The fraction of sp³-hybridized carbons (Fsp3) is 0.235. The molecule has 104 valence electrons. The van der Waals surface area contributed by atoms with E-state index in [0.717, 1.165) is 5.69 Å². The lowest BCUT2D eigenvalue weighted by molar-refractivity contribution is 0.567. The number of nitrogens with zero attached hydrogens (tertiary/aromatic N) is 2. The predicted molar refractivity (Wildman–Crippen MR) is 80.6 cm³/mol. The van der Waals surface area contributed by atoms with Crippen LogP contribution >= 0.6 is 0 Å². The van der Waals surface area contributed by atoms with Gasteiger partial charge in [-0.1, -0.05) is 32.9 Å². The van der Waals surface area contributed by atoms with E-state index in [0.29, 0.717) is 16.7 Å². The summed E-state index contributed by atoms with van der Waals surface area (Å²) in [5, 5.41) is 18.2. The largest absolute Gasteiger partial charge is 0.325 e. The van der Waals surface area contributed by atoms with E-state index in [9.17, 15) is 10.1 Å². The molecule has 0 fully saturated rings. The third-order valence-corrected chi connectivity index (χ3v) is 3.26. The smallest absolute Gasteiger partial charge is 0.266 e. The molecule has 0 bridgehead atoms. The van der Waals surface area contributed by atoms with Crippen molar-refractivity contribution in [1.82, 2.24) is 4.98 Å². The number of H-pyrrole nitrogens is 1. The summed E-state index contributed by atoms with van der Waals surface area (Å²) >= 11 is 0. The molecular formula is C17H15N3O. The highest BCUT2D eigenvalue weighted by Crippen LogP contribution is 2.27. The second-order valence-corrected chi connectivity index (χ2v) is 5.86. The van der Waals surface area contributed by atoms with Crippen molar-refractivity contribution in [2.75, 3.05) is 0 Å². The van der Waals surface area contributed by atoms with Gasteiger partial charge in [0.1, 0.15) is 11.6 Å². The molecule has 4 nitrogen and oxygen atoms in total. The third kappa shape index (κ3) is 2.85. The van der Waals surface area contributed by atoms with Crippen molar-refractivity contribution in [2.45, 2.75) is 26.2 Å². The molecular weight excluding hydrogens is 262 g/mol. The first-order chi connectivity index (χ1) is 9.86. The SMILES string of the molecule is CC(C)(C)c1cc(-c2cccc(C#N)c2)c(C#N)c(=O)[nH]1. The van der Waals surface area contributed by atoms with Gasteiger partial charge in [0.15, 0.2) is 0 Å². The monoisotopic (exact) mass is 277 g/mol. The Balaban J connectivity index is 2.78. The predicted octanol–water partition coefficient (Wildman–Crippen LogP) is 3.08. The van der Waals surface area contributed by atoms with E-state index in [1.165, 1.54) is 0 Å². The van der Waals surface area contributed by atoms with E-state index in [1.807, 2.05) is 32.9 Å². The number of nitriles is 2. The lowest BCUT2D eigenvalue weighted by atomic mass is 9.88. The Morgan fingerprint density at radius 1 is 1.10 bits per heavy atom. The third-order valence-electron chi connectivity index (χ3n) is 3.26. The molecule has 4 heteroatoms. The zero-order chi connectivity index (χ0) is 15.6. The Labute approximate surface area is 123 Å². The molecule has 1 heterocycles. The maximum atomic E-state index is 12.1. The highest BCUT2D eigenvalue weighted by molar-refractivity contribution is 5.71.